The summed E-state index contributed by atoms with van der Waals surface area (Å²) in [4.78, 5) is 0. The van der Waals surface area contributed by atoms with Crippen LogP contribution in [-0.4, -0.2) is 5.11 Å². The van der Waals surface area contributed by atoms with Crippen molar-refractivity contribution in [2.75, 3.05) is 0 Å². The Labute approximate surface area is 128 Å². The molecular weight excluding hydrogens is 256 g/mol. The van der Waals surface area contributed by atoms with Crippen LogP contribution < -0.4 is 0 Å². The average molecular weight is 282 g/mol. The molecule has 0 saturated heterocycles. The first-order valence-corrected chi connectivity index (χ1v) is 7.62. The van der Waals surface area contributed by atoms with Gasteiger partial charge in [0.25, 0.3) is 0 Å². The predicted octanol–water partition coefficient (Wildman–Crippen LogP) is 4.88. The van der Waals surface area contributed by atoms with E-state index in [1.165, 1.54) is 22.3 Å². The molecule has 0 aliphatic heterocycles. The molecule has 0 fully saturated rings. The topological polar surface area (TPSA) is 20.2 Å². The van der Waals surface area contributed by atoms with E-state index >= 15 is 0 Å². The van der Waals surface area contributed by atoms with Crippen molar-refractivity contribution in [3.63, 3.8) is 0 Å². The molecule has 1 N–H and O–H groups in total. The van der Waals surface area contributed by atoms with Crippen molar-refractivity contribution in [3.05, 3.63) is 70.3 Å². The van der Waals surface area contributed by atoms with Crippen molar-refractivity contribution >= 4 is 0 Å². The molecule has 1 unspecified atom stereocenters. The van der Waals surface area contributed by atoms with Crippen molar-refractivity contribution in [2.24, 2.45) is 0 Å². The van der Waals surface area contributed by atoms with E-state index in [9.17, 15) is 5.11 Å². The third-order valence-electron chi connectivity index (χ3n) is 4.16. The van der Waals surface area contributed by atoms with Crippen LogP contribution in [0.5, 0.6) is 0 Å². The van der Waals surface area contributed by atoms with Crippen LogP contribution >= 0.6 is 0 Å². The summed E-state index contributed by atoms with van der Waals surface area (Å²) in [6.07, 6.45) is 0.219. The summed E-state index contributed by atoms with van der Waals surface area (Å²) < 4.78 is 0. The lowest BCUT2D eigenvalue weighted by Crippen LogP contribution is -2.11. The van der Waals surface area contributed by atoms with E-state index < -0.39 is 6.10 Å². The molecule has 0 aromatic heterocycles. The van der Waals surface area contributed by atoms with Gasteiger partial charge in [-0.3, -0.25) is 0 Å². The minimum absolute atomic E-state index is 0.150. The Morgan fingerprint density at radius 1 is 0.905 bits per heavy atom. The summed E-state index contributed by atoms with van der Waals surface area (Å²) in [5.74, 6) is 0. The molecule has 112 valence electrons. The van der Waals surface area contributed by atoms with Gasteiger partial charge in [-0.2, -0.15) is 0 Å². The maximum atomic E-state index is 10.4. The highest BCUT2D eigenvalue weighted by atomic mass is 16.3. The summed E-state index contributed by atoms with van der Waals surface area (Å²) >= 11 is 0. The number of rotatable bonds is 3. The fraction of sp³-hybridized carbons (Fsp3) is 0.400. The molecule has 21 heavy (non-hydrogen) atoms. The Bertz CT molecular complexity index is 603. The molecule has 0 spiro atoms. The van der Waals surface area contributed by atoms with Crippen LogP contribution in [0.2, 0.25) is 0 Å². The molecule has 0 aliphatic carbocycles. The SMILES string of the molecule is Cc1ccc(CC(O)c2ccc(C(C)(C)C)cc2)cc1C. The molecule has 0 aliphatic rings. The molecular formula is C20H26O. The van der Waals surface area contributed by atoms with E-state index in [-0.39, 0.29) is 5.41 Å². The van der Waals surface area contributed by atoms with Gasteiger partial charge in [-0.1, -0.05) is 63.2 Å². The molecule has 0 heterocycles. The standard InChI is InChI=1S/C20H26O/c1-14-6-7-16(12-15(14)2)13-19(21)17-8-10-18(11-9-17)20(3,4)5/h6-12,19,21H,13H2,1-5H3. The summed E-state index contributed by atoms with van der Waals surface area (Å²) in [6, 6.07) is 14.7. The lowest BCUT2D eigenvalue weighted by Gasteiger charge is -2.20. The van der Waals surface area contributed by atoms with Gasteiger partial charge in [0.1, 0.15) is 0 Å². The first kappa shape index (κ1) is 15.8. The van der Waals surface area contributed by atoms with E-state index in [2.05, 4.69) is 65.0 Å². The molecule has 0 saturated carbocycles. The number of hydrogen-bond acceptors (Lipinski definition) is 1. The van der Waals surface area contributed by atoms with Gasteiger partial charge in [0.2, 0.25) is 0 Å². The molecule has 2 aromatic rings. The monoisotopic (exact) mass is 282 g/mol. The second kappa shape index (κ2) is 6.03. The number of aliphatic hydroxyl groups excluding tert-OH is 1. The first-order chi connectivity index (χ1) is 9.77. The van der Waals surface area contributed by atoms with Crippen molar-refractivity contribution in [2.45, 2.75) is 52.6 Å². The molecule has 1 atom stereocenters. The zero-order chi connectivity index (χ0) is 15.6. The maximum Gasteiger partial charge on any atom is 0.0830 e. The lowest BCUT2D eigenvalue weighted by molar-refractivity contribution is 0.178. The van der Waals surface area contributed by atoms with Gasteiger partial charge in [-0.15, -0.1) is 0 Å². The first-order valence-electron chi connectivity index (χ1n) is 7.62. The van der Waals surface area contributed by atoms with Crippen LogP contribution in [0.4, 0.5) is 0 Å². The van der Waals surface area contributed by atoms with Gasteiger partial charge in [-0.05, 0) is 47.1 Å². The van der Waals surface area contributed by atoms with Crippen molar-refractivity contribution < 1.29 is 5.11 Å². The second-order valence-electron chi connectivity index (χ2n) is 7.01. The third-order valence-corrected chi connectivity index (χ3v) is 4.16. The largest absolute Gasteiger partial charge is 0.388 e. The van der Waals surface area contributed by atoms with Crippen LogP contribution in [0, 0.1) is 13.8 Å². The molecule has 2 rings (SSSR count). The van der Waals surface area contributed by atoms with Crippen LogP contribution in [0.1, 0.15) is 54.7 Å². The quantitative estimate of drug-likeness (QED) is 0.851. The number of aliphatic hydroxyl groups is 1. The van der Waals surface area contributed by atoms with Gasteiger partial charge < -0.3 is 5.11 Å². The molecule has 0 bridgehead atoms. The fourth-order valence-electron chi connectivity index (χ4n) is 2.48. The minimum atomic E-state index is -0.443. The normalized spacial score (nSPS) is 13.2. The van der Waals surface area contributed by atoms with E-state index in [0.717, 1.165) is 5.56 Å². The molecule has 0 amide bonds. The molecule has 1 nitrogen and oxygen atoms in total. The van der Waals surface area contributed by atoms with Crippen LogP contribution in [0.25, 0.3) is 0 Å². The lowest BCUT2D eigenvalue weighted by atomic mass is 9.86. The van der Waals surface area contributed by atoms with Crippen molar-refractivity contribution in [3.8, 4) is 0 Å². The minimum Gasteiger partial charge on any atom is -0.388 e. The van der Waals surface area contributed by atoms with E-state index in [1.54, 1.807) is 0 Å². The van der Waals surface area contributed by atoms with Crippen LogP contribution in [-0.2, 0) is 11.8 Å². The summed E-state index contributed by atoms with van der Waals surface area (Å²) in [5, 5.41) is 10.4. The van der Waals surface area contributed by atoms with Gasteiger partial charge in [0, 0.05) is 6.42 Å². The Balaban J connectivity index is 2.13. The summed E-state index contributed by atoms with van der Waals surface area (Å²) in [6.45, 7) is 10.8. The third kappa shape index (κ3) is 3.95. The average Bonchev–Trinajstić information content (AvgIpc) is 2.42. The number of aryl methyl sites for hydroxylation is 2. The maximum absolute atomic E-state index is 10.4. The highest BCUT2D eigenvalue weighted by Crippen LogP contribution is 2.25. The van der Waals surface area contributed by atoms with E-state index in [1.807, 2.05) is 12.1 Å². The summed E-state index contributed by atoms with van der Waals surface area (Å²) in [7, 11) is 0. The van der Waals surface area contributed by atoms with E-state index in [0.29, 0.717) is 6.42 Å². The Morgan fingerprint density at radius 3 is 2.05 bits per heavy atom. The Morgan fingerprint density at radius 2 is 1.52 bits per heavy atom. The van der Waals surface area contributed by atoms with Crippen molar-refractivity contribution in [1.82, 2.24) is 0 Å². The zero-order valence-electron chi connectivity index (χ0n) is 13.8. The molecule has 1 heteroatoms. The van der Waals surface area contributed by atoms with Gasteiger partial charge in [0.05, 0.1) is 6.10 Å². The van der Waals surface area contributed by atoms with Crippen molar-refractivity contribution in [1.29, 1.82) is 0 Å². The molecule has 0 radical (unpaired) electrons. The highest BCUT2D eigenvalue weighted by molar-refractivity contribution is 5.32. The fourth-order valence-corrected chi connectivity index (χ4v) is 2.48. The van der Waals surface area contributed by atoms with E-state index in [4.69, 9.17) is 0 Å². The Hall–Kier alpha value is -1.60. The van der Waals surface area contributed by atoms with Crippen LogP contribution in [0.3, 0.4) is 0 Å². The summed E-state index contributed by atoms with van der Waals surface area (Å²) in [5.41, 5.74) is 6.19. The van der Waals surface area contributed by atoms with Gasteiger partial charge in [0.15, 0.2) is 0 Å². The zero-order valence-corrected chi connectivity index (χ0v) is 13.8. The predicted molar refractivity (Wildman–Crippen MR) is 89.7 cm³/mol. The molecule has 2 aromatic carbocycles. The smallest absolute Gasteiger partial charge is 0.0830 e. The van der Waals surface area contributed by atoms with Crippen LogP contribution in [0.15, 0.2) is 42.5 Å². The number of hydrogen-bond donors (Lipinski definition) is 1. The Kier molecular flexibility index (Phi) is 4.53. The van der Waals surface area contributed by atoms with Gasteiger partial charge >= 0.3 is 0 Å². The van der Waals surface area contributed by atoms with Gasteiger partial charge in [-0.25, -0.2) is 0 Å². The number of benzene rings is 2. The highest BCUT2D eigenvalue weighted by Gasteiger charge is 2.15. The second-order valence-corrected chi connectivity index (χ2v) is 7.01.